The zero-order valence-corrected chi connectivity index (χ0v) is 8.10. The summed E-state index contributed by atoms with van der Waals surface area (Å²) in [6.07, 6.45) is 0. The third-order valence-corrected chi connectivity index (χ3v) is 1.40. The number of carboxylic acids is 1. The van der Waals surface area contributed by atoms with Gasteiger partial charge in [-0.25, -0.2) is 4.79 Å². The van der Waals surface area contributed by atoms with Crippen LogP contribution in [-0.2, 0) is 14.9 Å². The van der Waals surface area contributed by atoms with Crippen LogP contribution in [0.4, 0.5) is 8.78 Å². The summed E-state index contributed by atoms with van der Waals surface area (Å²) >= 11 is 0. The van der Waals surface area contributed by atoms with E-state index in [2.05, 4.69) is 0 Å². The van der Waals surface area contributed by atoms with Crippen LogP contribution >= 0.6 is 0 Å². The molecule has 0 amide bonds. The third-order valence-electron chi connectivity index (χ3n) is 0.573. The van der Waals surface area contributed by atoms with Crippen molar-refractivity contribution >= 4 is 45.6 Å². The Kier molecular flexibility index (Phi) is 4.72. The van der Waals surface area contributed by atoms with Gasteiger partial charge in [-0.05, 0) is 0 Å². The Hall–Kier alpha value is 0.240. The number of hydrogen-bond acceptors (Lipinski definition) is 3. The summed E-state index contributed by atoms with van der Waals surface area (Å²) in [7, 11) is -5.83. The minimum atomic E-state index is -5.83. The van der Waals surface area contributed by atoms with Crippen molar-refractivity contribution in [3.8, 4) is 0 Å². The van der Waals surface area contributed by atoms with Gasteiger partial charge >= 0.3 is 21.3 Å². The molecule has 0 fully saturated rings. The molecule has 1 radical (unpaired) electrons. The minimum Gasteiger partial charge on any atom is -0.476 e. The van der Waals surface area contributed by atoms with Crippen LogP contribution in [0, 0.1) is 0 Å². The van der Waals surface area contributed by atoms with E-state index in [1.165, 1.54) is 0 Å². The van der Waals surface area contributed by atoms with Crippen LogP contribution in [0.5, 0.6) is 0 Å². The Balaban J connectivity index is 0. The predicted molar refractivity (Wildman–Crippen MR) is 29.9 cm³/mol. The Labute approximate surface area is 82.4 Å². The molecular weight excluding hydrogens is 197 g/mol. The molecule has 0 heterocycles. The topological polar surface area (TPSA) is 91.7 Å². The first kappa shape index (κ1) is 13.8. The van der Waals surface area contributed by atoms with Crippen LogP contribution in [0.3, 0.4) is 0 Å². The van der Waals surface area contributed by atoms with E-state index in [4.69, 9.17) is 9.66 Å². The zero-order valence-electron chi connectivity index (χ0n) is 5.28. The Morgan fingerprint density at radius 3 is 1.64 bits per heavy atom. The maximum absolute atomic E-state index is 11.6. The molecule has 0 aromatic carbocycles. The summed E-state index contributed by atoms with van der Waals surface area (Å²) in [6, 6.07) is 0. The van der Waals surface area contributed by atoms with Crippen molar-refractivity contribution in [2.45, 2.75) is 5.25 Å². The molecule has 0 aliphatic carbocycles. The molecule has 0 rings (SSSR count). The molecule has 0 aromatic rings. The summed E-state index contributed by atoms with van der Waals surface area (Å²) in [5.41, 5.74) is 0. The van der Waals surface area contributed by atoms with Crippen LogP contribution in [0.2, 0.25) is 0 Å². The molecule has 0 aliphatic heterocycles. The van der Waals surface area contributed by atoms with Crippen molar-refractivity contribution in [1.82, 2.24) is 0 Å². The number of rotatable bonds is 2. The summed E-state index contributed by atoms with van der Waals surface area (Å²) < 4.78 is 49.8. The van der Waals surface area contributed by atoms with E-state index in [9.17, 15) is 22.0 Å². The number of aliphatic carboxylic acids is 1. The molecule has 9 heteroatoms. The Morgan fingerprint density at radius 2 is 1.64 bits per heavy atom. The van der Waals surface area contributed by atoms with E-state index in [0.717, 1.165) is 0 Å². The van der Waals surface area contributed by atoms with E-state index in [1.807, 2.05) is 0 Å². The summed E-state index contributed by atoms with van der Waals surface area (Å²) in [4.78, 5) is 9.38. The van der Waals surface area contributed by atoms with Gasteiger partial charge in [0.25, 0.3) is 0 Å². The molecular formula is C2H2F2NaO5S. The van der Waals surface area contributed by atoms with Gasteiger partial charge in [-0.15, -0.1) is 0 Å². The number of halogens is 2. The molecule has 0 aromatic heterocycles. The molecule has 0 aliphatic rings. The Bertz CT molecular complexity index is 245. The molecule has 2 N–H and O–H groups in total. The van der Waals surface area contributed by atoms with Crippen molar-refractivity contribution in [3.63, 3.8) is 0 Å². The van der Waals surface area contributed by atoms with Gasteiger partial charge in [0.2, 0.25) is 0 Å². The quantitative estimate of drug-likeness (QED) is 0.447. The van der Waals surface area contributed by atoms with E-state index in [1.54, 1.807) is 0 Å². The largest absolute Gasteiger partial charge is 0.476 e. The first-order valence-electron chi connectivity index (χ1n) is 1.78. The number of carboxylic acid groups (broad SMARTS) is 1. The smallest absolute Gasteiger partial charge is 0.465 e. The van der Waals surface area contributed by atoms with Gasteiger partial charge in [-0.1, -0.05) is 0 Å². The predicted octanol–water partition coefficient (Wildman–Crippen LogP) is -0.829. The second-order valence-corrected chi connectivity index (χ2v) is 2.76. The average Bonchev–Trinajstić information content (AvgIpc) is 1.62. The maximum Gasteiger partial charge on any atom is 0.465 e. The van der Waals surface area contributed by atoms with Crippen LogP contribution in [0.25, 0.3) is 0 Å². The van der Waals surface area contributed by atoms with Gasteiger partial charge in [-0.2, -0.15) is 17.2 Å². The van der Waals surface area contributed by atoms with Gasteiger partial charge in [0.05, 0.1) is 0 Å². The maximum atomic E-state index is 11.6. The second-order valence-electron chi connectivity index (χ2n) is 1.30. The van der Waals surface area contributed by atoms with Gasteiger partial charge in [0, 0.05) is 29.6 Å². The summed E-state index contributed by atoms with van der Waals surface area (Å²) in [5.74, 6) is -2.91. The number of hydrogen-bond donors (Lipinski definition) is 2. The van der Waals surface area contributed by atoms with Gasteiger partial charge < -0.3 is 5.11 Å². The van der Waals surface area contributed by atoms with Crippen molar-refractivity contribution < 1.29 is 31.7 Å². The molecule has 0 atom stereocenters. The number of alkyl halides is 2. The third kappa shape index (κ3) is 2.99. The van der Waals surface area contributed by atoms with Crippen molar-refractivity contribution in [1.29, 1.82) is 0 Å². The zero-order chi connectivity index (χ0) is 8.58. The van der Waals surface area contributed by atoms with Crippen LogP contribution in [0.15, 0.2) is 0 Å². The van der Waals surface area contributed by atoms with Crippen LogP contribution in [-0.4, -0.2) is 58.9 Å². The number of carbonyl (C=O) groups is 1. The Morgan fingerprint density at radius 1 is 1.36 bits per heavy atom. The van der Waals surface area contributed by atoms with E-state index >= 15 is 0 Å². The fraction of sp³-hybridized carbons (Fsp3) is 0.500. The average molecular weight is 199 g/mol. The first-order chi connectivity index (χ1) is 4.19. The van der Waals surface area contributed by atoms with Crippen molar-refractivity contribution in [2.24, 2.45) is 0 Å². The molecule has 5 nitrogen and oxygen atoms in total. The monoisotopic (exact) mass is 199 g/mol. The molecule has 61 valence electrons. The summed E-state index contributed by atoms with van der Waals surface area (Å²) in [6.45, 7) is 0. The fourth-order valence-electron chi connectivity index (χ4n) is 0.110. The molecule has 0 bridgehead atoms. The van der Waals surface area contributed by atoms with Crippen LogP contribution in [0.1, 0.15) is 0 Å². The molecule has 0 spiro atoms. The molecule has 0 unspecified atom stereocenters. The standard InChI is InChI=1S/C2H2F2O5S.Na/c3-2(4,1(5)6)10(7,8)9;/h(H,5,6)(H,7,8,9);. The molecule has 0 saturated heterocycles. The van der Waals surface area contributed by atoms with E-state index in [0.29, 0.717) is 0 Å². The van der Waals surface area contributed by atoms with Crippen molar-refractivity contribution in [2.75, 3.05) is 0 Å². The van der Waals surface area contributed by atoms with Gasteiger partial charge in [-0.3, -0.25) is 4.55 Å². The van der Waals surface area contributed by atoms with Crippen molar-refractivity contribution in [3.05, 3.63) is 0 Å². The van der Waals surface area contributed by atoms with Gasteiger partial charge in [0.15, 0.2) is 0 Å². The normalized spacial score (nSPS) is 11.9. The second kappa shape index (κ2) is 3.76. The molecule has 11 heavy (non-hydrogen) atoms. The molecule has 0 saturated carbocycles. The van der Waals surface area contributed by atoms with E-state index < -0.39 is 21.3 Å². The summed E-state index contributed by atoms with van der Waals surface area (Å²) in [5, 5.41) is 2.37. The van der Waals surface area contributed by atoms with E-state index in [-0.39, 0.29) is 29.6 Å². The van der Waals surface area contributed by atoms with Crippen LogP contribution < -0.4 is 0 Å². The fourth-order valence-corrected chi connectivity index (χ4v) is 0.331. The van der Waals surface area contributed by atoms with Gasteiger partial charge in [0.1, 0.15) is 0 Å². The first-order valence-corrected chi connectivity index (χ1v) is 3.22. The SMILES string of the molecule is O=C(O)C(F)(F)S(=O)(=O)O.[Na]. The minimum absolute atomic E-state index is 0.